The summed E-state index contributed by atoms with van der Waals surface area (Å²) in [5.74, 6) is 0.807. The Morgan fingerprint density at radius 2 is 2.21 bits per heavy atom. The van der Waals surface area contributed by atoms with E-state index < -0.39 is 0 Å². The van der Waals surface area contributed by atoms with Gasteiger partial charge in [0.05, 0.1) is 0 Å². The van der Waals surface area contributed by atoms with Gasteiger partial charge in [-0.1, -0.05) is 12.1 Å². The minimum absolute atomic E-state index is 0. The Balaban J connectivity index is 0.00000288. The van der Waals surface area contributed by atoms with Gasteiger partial charge in [-0.3, -0.25) is 9.79 Å². The van der Waals surface area contributed by atoms with Gasteiger partial charge in [0.25, 0.3) is 0 Å². The van der Waals surface area contributed by atoms with E-state index >= 15 is 0 Å². The first kappa shape index (κ1) is 20.4. The van der Waals surface area contributed by atoms with Gasteiger partial charge >= 0.3 is 0 Å². The van der Waals surface area contributed by atoms with Crippen molar-refractivity contribution in [3.8, 4) is 0 Å². The Morgan fingerprint density at radius 3 is 2.88 bits per heavy atom. The van der Waals surface area contributed by atoms with Crippen molar-refractivity contribution in [2.75, 3.05) is 18.4 Å². The average molecular weight is 459 g/mol. The summed E-state index contributed by atoms with van der Waals surface area (Å²) in [6, 6.07) is 7.78. The largest absolute Gasteiger partial charge is 0.370 e. The smallest absolute Gasteiger partial charge is 0.227 e. The van der Waals surface area contributed by atoms with Crippen molar-refractivity contribution in [1.82, 2.24) is 10.3 Å². The topological polar surface area (TPSA) is 92.4 Å². The molecule has 0 unspecified atom stereocenters. The van der Waals surface area contributed by atoms with Gasteiger partial charge in [0.2, 0.25) is 5.91 Å². The summed E-state index contributed by atoms with van der Waals surface area (Å²) >= 11 is 1.71. The van der Waals surface area contributed by atoms with Crippen LogP contribution >= 0.6 is 35.3 Å². The molecule has 0 bridgehead atoms. The average Bonchev–Trinajstić information content (AvgIpc) is 3.03. The number of halogens is 1. The monoisotopic (exact) mass is 459 g/mol. The van der Waals surface area contributed by atoms with Gasteiger partial charge in [-0.25, -0.2) is 4.98 Å². The maximum absolute atomic E-state index is 11.8. The number of nitrogens with two attached hydrogens (primary N) is 1. The number of aryl methyl sites for hydroxylation is 1. The van der Waals surface area contributed by atoms with Gasteiger partial charge in [0.1, 0.15) is 5.82 Å². The maximum Gasteiger partial charge on any atom is 0.227 e. The quantitative estimate of drug-likeness (QED) is 0.337. The lowest BCUT2D eigenvalue weighted by molar-refractivity contribution is -0.116. The summed E-state index contributed by atoms with van der Waals surface area (Å²) in [5.41, 5.74) is 6.82. The van der Waals surface area contributed by atoms with Gasteiger partial charge in [-0.05, 0) is 30.0 Å². The van der Waals surface area contributed by atoms with Crippen LogP contribution in [0.15, 0.2) is 40.8 Å². The SMILES string of the molecule is Cc1ccc(NC(=O)CCNC(N)=NCCc2cccs2)nc1.I. The summed E-state index contributed by atoms with van der Waals surface area (Å²) in [6.07, 6.45) is 2.89. The fraction of sp³-hybridized carbons (Fsp3) is 0.312. The van der Waals surface area contributed by atoms with Gasteiger partial charge in [0, 0.05) is 37.0 Å². The normalized spacial score (nSPS) is 10.8. The Morgan fingerprint density at radius 1 is 1.38 bits per heavy atom. The van der Waals surface area contributed by atoms with Crippen molar-refractivity contribution in [3.63, 3.8) is 0 Å². The standard InChI is InChI=1S/C16H21N5OS.HI/c1-12-4-5-14(20-11-12)21-15(22)7-9-19-16(17)18-8-6-13-3-2-10-23-13;/h2-5,10-11H,6-9H2,1H3,(H3,17,18,19)(H,20,21,22);1H. The number of aliphatic imine (C=N–C) groups is 1. The Bertz CT molecular complexity index is 643. The number of nitrogens with one attached hydrogen (secondary N) is 2. The second-order valence-corrected chi connectivity index (χ2v) is 6.07. The van der Waals surface area contributed by atoms with Crippen LogP contribution in [0.2, 0.25) is 0 Å². The van der Waals surface area contributed by atoms with Crippen LogP contribution in [0.5, 0.6) is 0 Å². The van der Waals surface area contributed by atoms with Crippen LogP contribution in [0.25, 0.3) is 0 Å². The molecule has 2 heterocycles. The van der Waals surface area contributed by atoms with Crippen LogP contribution in [-0.4, -0.2) is 29.9 Å². The third-order valence-corrected chi connectivity index (χ3v) is 3.99. The molecule has 130 valence electrons. The minimum Gasteiger partial charge on any atom is -0.370 e. The van der Waals surface area contributed by atoms with Gasteiger partial charge in [0.15, 0.2) is 5.96 Å². The molecule has 2 rings (SSSR count). The van der Waals surface area contributed by atoms with Gasteiger partial charge in [-0.2, -0.15) is 0 Å². The van der Waals surface area contributed by atoms with Crippen LogP contribution in [0, 0.1) is 6.92 Å². The Labute approximate surface area is 163 Å². The number of carbonyl (C=O) groups is 1. The van der Waals surface area contributed by atoms with E-state index in [1.54, 1.807) is 23.6 Å². The molecule has 1 amide bonds. The number of nitrogens with zero attached hydrogens (tertiary/aromatic N) is 2. The zero-order chi connectivity index (χ0) is 16.5. The molecule has 0 atom stereocenters. The lowest BCUT2D eigenvalue weighted by Crippen LogP contribution is -2.34. The predicted octanol–water partition coefficient (Wildman–Crippen LogP) is 2.55. The van der Waals surface area contributed by atoms with Crippen LogP contribution in [0.1, 0.15) is 16.9 Å². The van der Waals surface area contributed by atoms with Crippen LogP contribution in [-0.2, 0) is 11.2 Å². The van der Waals surface area contributed by atoms with Crippen LogP contribution in [0.3, 0.4) is 0 Å². The van der Waals surface area contributed by atoms with Crippen LogP contribution < -0.4 is 16.4 Å². The van der Waals surface area contributed by atoms with E-state index in [2.05, 4.69) is 26.7 Å². The fourth-order valence-corrected chi connectivity index (χ4v) is 2.55. The first-order valence-corrected chi connectivity index (χ1v) is 8.30. The number of thiophene rings is 1. The van der Waals surface area contributed by atoms with Crippen LogP contribution in [0.4, 0.5) is 5.82 Å². The molecule has 0 saturated carbocycles. The number of guanidine groups is 1. The molecule has 4 N–H and O–H groups in total. The third-order valence-electron chi connectivity index (χ3n) is 3.06. The molecule has 0 aliphatic heterocycles. The Kier molecular flexibility index (Phi) is 9.31. The molecule has 0 aliphatic carbocycles. The van der Waals surface area contributed by atoms with E-state index in [1.807, 2.05) is 24.4 Å². The molecule has 0 radical (unpaired) electrons. The second kappa shape index (κ2) is 11.0. The van der Waals surface area contributed by atoms with E-state index in [1.165, 1.54) is 4.88 Å². The molecule has 0 aliphatic rings. The lowest BCUT2D eigenvalue weighted by atomic mass is 10.3. The number of aromatic nitrogens is 1. The molecule has 0 spiro atoms. The zero-order valence-corrected chi connectivity index (χ0v) is 16.6. The van der Waals surface area contributed by atoms with Crippen molar-refractivity contribution in [2.45, 2.75) is 19.8 Å². The number of hydrogen-bond acceptors (Lipinski definition) is 4. The van der Waals surface area contributed by atoms with Gasteiger partial charge < -0.3 is 16.4 Å². The van der Waals surface area contributed by atoms with E-state index in [0.717, 1.165) is 12.0 Å². The highest BCUT2D eigenvalue weighted by Crippen LogP contribution is 2.08. The van der Waals surface area contributed by atoms with E-state index in [4.69, 9.17) is 5.73 Å². The molecule has 6 nitrogen and oxygen atoms in total. The number of hydrogen-bond donors (Lipinski definition) is 3. The number of anilines is 1. The molecule has 8 heteroatoms. The molecule has 0 saturated heterocycles. The number of rotatable bonds is 7. The summed E-state index contributed by atoms with van der Waals surface area (Å²) in [4.78, 5) is 21.4. The number of carbonyl (C=O) groups excluding carboxylic acids is 1. The molecular weight excluding hydrogens is 437 g/mol. The van der Waals surface area contributed by atoms with Crippen molar-refractivity contribution in [1.29, 1.82) is 0 Å². The zero-order valence-electron chi connectivity index (χ0n) is 13.5. The number of amides is 1. The molecule has 24 heavy (non-hydrogen) atoms. The third kappa shape index (κ3) is 7.73. The summed E-state index contributed by atoms with van der Waals surface area (Å²) in [6.45, 7) is 3.02. The highest BCUT2D eigenvalue weighted by molar-refractivity contribution is 14.0. The molecule has 0 aromatic carbocycles. The highest BCUT2D eigenvalue weighted by Gasteiger charge is 2.03. The molecule has 2 aromatic rings. The first-order chi connectivity index (χ1) is 11.1. The summed E-state index contributed by atoms with van der Waals surface area (Å²) < 4.78 is 0. The summed E-state index contributed by atoms with van der Waals surface area (Å²) in [7, 11) is 0. The number of pyridine rings is 1. The fourth-order valence-electron chi connectivity index (χ4n) is 1.85. The van der Waals surface area contributed by atoms with Crippen molar-refractivity contribution >= 4 is 53.0 Å². The lowest BCUT2D eigenvalue weighted by Gasteiger charge is -2.06. The second-order valence-electron chi connectivity index (χ2n) is 5.04. The first-order valence-electron chi connectivity index (χ1n) is 7.42. The maximum atomic E-state index is 11.8. The Hall–Kier alpha value is -1.68. The summed E-state index contributed by atoms with van der Waals surface area (Å²) in [5, 5.41) is 7.72. The minimum atomic E-state index is -0.111. The molecular formula is C16H22IN5OS. The van der Waals surface area contributed by atoms with E-state index in [-0.39, 0.29) is 29.9 Å². The predicted molar refractivity (Wildman–Crippen MR) is 110 cm³/mol. The van der Waals surface area contributed by atoms with Crippen molar-refractivity contribution < 1.29 is 4.79 Å². The van der Waals surface area contributed by atoms with Crippen molar-refractivity contribution in [2.24, 2.45) is 10.7 Å². The van der Waals surface area contributed by atoms with Crippen molar-refractivity contribution in [3.05, 3.63) is 46.3 Å². The van der Waals surface area contributed by atoms with E-state index in [0.29, 0.717) is 31.3 Å². The molecule has 0 fully saturated rings. The molecule has 2 aromatic heterocycles. The highest BCUT2D eigenvalue weighted by atomic mass is 127. The van der Waals surface area contributed by atoms with E-state index in [9.17, 15) is 4.79 Å². The van der Waals surface area contributed by atoms with Gasteiger partial charge in [-0.15, -0.1) is 35.3 Å².